The molecule has 0 saturated heterocycles. The topological polar surface area (TPSA) is 83.9 Å². The molecule has 180 valence electrons. The van der Waals surface area contributed by atoms with E-state index in [9.17, 15) is 14.0 Å². The maximum absolute atomic E-state index is 13.4. The Bertz CT molecular complexity index is 1580. The summed E-state index contributed by atoms with van der Waals surface area (Å²) in [5.74, 6) is -0.545. The van der Waals surface area contributed by atoms with Crippen molar-refractivity contribution in [2.24, 2.45) is 0 Å². The number of hydrogen-bond donors (Lipinski definition) is 1. The summed E-state index contributed by atoms with van der Waals surface area (Å²) in [6, 6.07) is 24.2. The number of carbonyl (C=O) groups is 1. The fourth-order valence-corrected chi connectivity index (χ4v) is 4.14. The van der Waals surface area contributed by atoms with Gasteiger partial charge in [0.25, 0.3) is 11.5 Å². The van der Waals surface area contributed by atoms with E-state index in [4.69, 9.17) is 0 Å². The fraction of sp³-hybridized carbons (Fsp3) is 0.143. The highest BCUT2D eigenvalue weighted by atomic mass is 19.1. The molecule has 3 aromatic carbocycles. The molecule has 1 amide bonds. The number of halogens is 1. The van der Waals surface area contributed by atoms with Crippen LogP contribution in [-0.2, 0) is 6.42 Å². The number of rotatable bonds is 7. The van der Waals surface area contributed by atoms with Gasteiger partial charge in [-0.25, -0.2) is 4.39 Å². The molecule has 0 atom stereocenters. The minimum atomic E-state index is -0.288. The van der Waals surface area contributed by atoms with E-state index in [-0.39, 0.29) is 23.0 Å². The maximum atomic E-state index is 13.4. The first-order chi connectivity index (χ1) is 17.5. The summed E-state index contributed by atoms with van der Waals surface area (Å²) in [5.41, 5.74) is 3.06. The molecule has 5 aromatic rings. The van der Waals surface area contributed by atoms with E-state index in [0.29, 0.717) is 35.8 Å². The van der Waals surface area contributed by atoms with Gasteiger partial charge in [-0.1, -0.05) is 36.4 Å². The highest BCUT2D eigenvalue weighted by molar-refractivity contribution is 6.04. The predicted octanol–water partition coefficient (Wildman–Crippen LogP) is 4.62. The van der Waals surface area contributed by atoms with E-state index in [0.717, 1.165) is 17.0 Å². The van der Waals surface area contributed by atoms with Crippen molar-refractivity contribution >= 4 is 16.7 Å². The van der Waals surface area contributed by atoms with E-state index in [2.05, 4.69) is 15.3 Å². The van der Waals surface area contributed by atoms with Crippen LogP contribution in [0.15, 0.2) is 89.7 Å². The minimum absolute atomic E-state index is 0.233. The molecule has 0 radical (unpaired) electrons. The van der Waals surface area contributed by atoms with Crippen molar-refractivity contribution in [3.8, 4) is 16.9 Å². The van der Waals surface area contributed by atoms with Gasteiger partial charge in [-0.2, -0.15) is 14.9 Å². The van der Waals surface area contributed by atoms with E-state index in [1.54, 1.807) is 60.5 Å². The number of nitrogens with one attached hydrogen (secondary N) is 1. The second-order valence-corrected chi connectivity index (χ2v) is 8.56. The highest BCUT2D eigenvalue weighted by Crippen LogP contribution is 2.19. The quantitative estimate of drug-likeness (QED) is 0.368. The average molecular weight is 482 g/mol. The molecular formula is C28H24FN5O2. The minimum Gasteiger partial charge on any atom is -0.340 e. The predicted molar refractivity (Wildman–Crippen MR) is 137 cm³/mol. The fourth-order valence-electron chi connectivity index (χ4n) is 4.14. The van der Waals surface area contributed by atoms with Gasteiger partial charge < -0.3 is 4.90 Å². The molecule has 0 saturated carbocycles. The van der Waals surface area contributed by atoms with Gasteiger partial charge in [0.2, 0.25) is 0 Å². The van der Waals surface area contributed by atoms with Crippen molar-refractivity contribution in [3.63, 3.8) is 0 Å². The first kappa shape index (κ1) is 23.2. The summed E-state index contributed by atoms with van der Waals surface area (Å²) in [4.78, 5) is 28.1. The first-order valence-corrected chi connectivity index (χ1v) is 11.6. The normalized spacial score (nSPS) is 11.1. The van der Waals surface area contributed by atoms with Crippen LogP contribution in [0.25, 0.3) is 27.7 Å². The van der Waals surface area contributed by atoms with Gasteiger partial charge in [0.1, 0.15) is 5.82 Å². The lowest BCUT2D eigenvalue weighted by molar-refractivity contribution is 0.0788. The van der Waals surface area contributed by atoms with Gasteiger partial charge in [0.05, 0.1) is 16.8 Å². The van der Waals surface area contributed by atoms with Crippen LogP contribution < -0.4 is 5.56 Å². The van der Waals surface area contributed by atoms with Gasteiger partial charge >= 0.3 is 0 Å². The number of aromatic nitrogens is 4. The Balaban J connectivity index is 1.33. The number of aromatic amines is 1. The third-order valence-electron chi connectivity index (χ3n) is 6.07. The van der Waals surface area contributed by atoms with Crippen molar-refractivity contribution < 1.29 is 9.18 Å². The number of fused-ring (bicyclic) bond motifs is 1. The van der Waals surface area contributed by atoms with Crippen LogP contribution in [0.4, 0.5) is 4.39 Å². The van der Waals surface area contributed by atoms with Crippen molar-refractivity contribution in [3.05, 3.63) is 112 Å². The molecule has 0 unspecified atom stereocenters. The van der Waals surface area contributed by atoms with Crippen LogP contribution in [-0.4, -0.2) is 44.4 Å². The zero-order valence-corrected chi connectivity index (χ0v) is 19.7. The number of hydrogen-bond acceptors (Lipinski definition) is 4. The molecular weight excluding hydrogens is 457 g/mol. The molecule has 0 fully saturated rings. The molecule has 0 aliphatic heterocycles. The van der Waals surface area contributed by atoms with E-state index in [1.165, 1.54) is 16.8 Å². The maximum Gasteiger partial charge on any atom is 0.279 e. The Morgan fingerprint density at radius 1 is 0.972 bits per heavy atom. The SMILES string of the molecule is CN(CCCc1cc(-c2ccc(F)cc2)n[nH]1)C(=O)c1nn(-c2ccccc2)c(=O)c2ccccc12. The molecule has 2 heterocycles. The Morgan fingerprint density at radius 2 is 1.67 bits per heavy atom. The summed E-state index contributed by atoms with van der Waals surface area (Å²) in [7, 11) is 1.73. The summed E-state index contributed by atoms with van der Waals surface area (Å²) in [6.07, 6.45) is 1.38. The van der Waals surface area contributed by atoms with Crippen molar-refractivity contribution in [1.82, 2.24) is 24.9 Å². The average Bonchev–Trinajstić information content (AvgIpc) is 3.38. The van der Waals surface area contributed by atoms with E-state index < -0.39 is 0 Å². The van der Waals surface area contributed by atoms with Crippen LogP contribution in [0.2, 0.25) is 0 Å². The Kier molecular flexibility index (Phi) is 6.40. The number of carbonyl (C=O) groups excluding carboxylic acids is 1. The largest absolute Gasteiger partial charge is 0.340 e. The second-order valence-electron chi connectivity index (χ2n) is 8.56. The van der Waals surface area contributed by atoms with E-state index in [1.807, 2.05) is 24.3 Å². The van der Waals surface area contributed by atoms with Crippen LogP contribution in [0.3, 0.4) is 0 Å². The summed E-state index contributed by atoms with van der Waals surface area (Å²) >= 11 is 0. The number of benzene rings is 3. The first-order valence-electron chi connectivity index (χ1n) is 11.6. The molecule has 0 aliphatic rings. The number of H-pyrrole nitrogens is 1. The van der Waals surface area contributed by atoms with Gasteiger partial charge in [-0.15, -0.1) is 0 Å². The summed E-state index contributed by atoms with van der Waals surface area (Å²) in [6.45, 7) is 0.490. The third-order valence-corrected chi connectivity index (χ3v) is 6.07. The Morgan fingerprint density at radius 3 is 2.42 bits per heavy atom. The van der Waals surface area contributed by atoms with Gasteiger partial charge in [-0.05, 0) is 61.4 Å². The molecule has 8 heteroatoms. The smallest absolute Gasteiger partial charge is 0.279 e. The highest BCUT2D eigenvalue weighted by Gasteiger charge is 2.20. The number of aryl methyl sites for hydroxylation is 1. The van der Waals surface area contributed by atoms with Crippen molar-refractivity contribution in [1.29, 1.82) is 0 Å². The van der Waals surface area contributed by atoms with Gasteiger partial charge in [0, 0.05) is 30.2 Å². The lowest BCUT2D eigenvalue weighted by Gasteiger charge is -2.18. The second kappa shape index (κ2) is 9.95. The number of nitrogens with zero attached hydrogens (tertiary/aromatic N) is 4. The molecule has 7 nitrogen and oxygen atoms in total. The van der Waals surface area contributed by atoms with Gasteiger partial charge in [-0.3, -0.25) is 14.7 Å². The molecule has 1 N–H and O–H groups in total. The Labute approximate surface area is 206 Å². The number of amides is 1. The lowest BCUT2D eigenvalue weighted by atomic mass is 10.1. The molecule has 0 spiro atoms. The molecule has 36 heavy (non-hydrogen) atoms. The summed E-state index contributed by atoms with van der Waals surface area (Å²) < 4.78 is 14.5. The monoisotopic (exact) mass is 481 g/mol. The van der Waals surface area contributed by atoms with E-state index >= 15 is 0 Å². The van der Waals surface area contributed by atoms with Crippen LogP contribution in [0, 0.1) is 5.82 Å². The number of para-hydroxylation sites is 1. The molecule has 0 aliphatic carbocycles. The summed E-state index contributed by atoms with van der Waals surface area (Å²) in [5, 5.41) is 12.8. The standard InChI is InChI=1S/C28H24FN5O2/c1-33(17-7-8-21-18-25(31-30-21)19-13-15-20(29)16-14-19)28(36)26-23-11-5-6-12-24(23)27(35)34(32-26)22-9-3-2-4-10-22/h2-6,9-16,18H,7-8,17H2,1H3,(H,30,31). The third kappa shape index (κ3) is 4.65. The molecule has 5 rings (SSSR count). The molecule has 2 aromatic heterocycles. The van der Waals surface area contributed by atoms with Gasteiger partial charge in [0.15, 0.2) is 5.69 Å². The van der Waals surface area contributed by atoms with Crippen LogP contribution >= 0.6 is 0 Å². The van der Waals surface area contributed by atoms with Crippen LogP contribution in [0.1, 0.15) is 22.6 Å². The molecule has 0 bridgehead atoms. The van der Waals surface area contributed by atoms with Crippen molar-refractivity contribution in [2.75, 3.05) is 13.6 Å². The lowest BCUT2D eigenvalue weighted by Crippen LogP contribution is -2.32. The Hall–Kier alpha value is -4.59. The van der Waals surface area contributed by atoms with Crippen molar-refractivity contribution in [2.45, 2.75) is 12.8 Å². The zero-order chi connectivity index (χ0) is 25.1. The zero-order valence-electron chi connectivity index (χ0n) is 19.7. The van der Waals surface area contributed by atoms with Crippen LogP contribution in [0.5, 0.6) is 0 Å².